The van der Waals surface area contributed by atoms with Crippen molar-refractivity contribution in [2.24, 2.45) is 0 Å². The zero-order chi connectivity index (χ0) is 22.1. The molecule has 7 nitrogen and oxygen atoms in total. The Bertz CT molecular complexity index is 974. The van der Waals surface area contributed by atoms with Gasteiger partial charge in [0.1, 0.15) is 17.8 Å². The zero-order valence-corrected chi connectivity index (χ0v) is 16.0. The number of carbonyl (C=O) groups is 3. The number of halogens is 3. The monoisotopic (exact) mass is 421 g/mol. The minimum atomic E-state index is -4.49. The number of methoxy groups -OCH3 is 1. The van der Waals surface area contributed by atoms with E-state index in [2.05, 4.69) is 10.6 Å². The second kappa shape index (κ2) is 7.69. The van der Waals surface area contributed by atoms with Gasteiger partial charge in [0.05, 0.1) is 12.7 Å². The minimum absolute atomic E-state index is 0.109. The van der Waals surface area contributed by atoms with Crippen molar-refractivity contribution < 1.29 is 32.3 Å². The Morgan fingerprint density at radius 3 is 2.23 bits per heavy atom. The van der Waals surface area contributed by atoms with E-state index >= 15 is 0 Å². The van der Waals surface area contributed by atoms with E-state index in [9.17, 15) is 27.6 Å². The van der Waals surface area contributed by atoms with Crippen LogP contribution in [0.5, 0.6) is 5.75 Å². The van der Waals surface area contributed by atoms with Gasteiger partial charge in [-0.05, 0) is 48.9 Å². The Labute approximate surface area is 169 Å². The number of ether oxygens (including phenoxy) is 1. The van der Waals surface area contributed by atoms with Crippen LogP contribution in [0.1, 0.15) is 18.1 Å². The van der Waals surface area contributed by atoms with Crippen LogP contribution in [0.4, 0.5) is 23.7 Å². The molecule has 30 heavy (non-hydrogen) atoms. The fourth-order valence-corrected chi connectivity index (χ4v) is 3.05. The number of nitrogens with one attached hydrogen (secondary N) is 2. The Morgan fingerprint density at radius 1 is 1.10 bits per heavy atom. The number of benzene rings is 2. The van der Waals surface area contributed by atoms with E-state index in [1.165, 1.54) is 14.0 Å². The number of urea groups is 1. The first kappa shape index (κ1) is 21.2. The lowest BCUT2D eigenvalue weighted by atomic mass is 9.92. The summed E-state index contributed by atoms with van der Waals surface area (Å²) in [6.07, 6.45) is -4.49. The smallest absolute Gasteiger partial charge is 0.416 e. The molecule has 4 amide bonds. The summed E-state index contributed by atoms with van der Waals surface area (Å²) >= 11 is 0. The Balaban J connectivity index is 1.69. The largest absolute Gasteiger partial charge is 0.497 e. The quantitative estimate of drug-likeness (QED) is 0.727. The van der Waals surface area contributed by atoms with Crippen LogP contribution in [-0.2, 0) is 21.3 Å². The Morgan fingerprint density at radius 2 is 1.70 bits per heavy atom. The number of nitrogens with zero attached hydrogens (tertiary/aromatic N) is 1. The van der Waals surface area contributed by atoms with Crippen LogP contribution in [0.2, 0.25) is 0 Å². The fourth-order valence-electron chi connectivity index (χ4n) is 3.05. The predicted molar refractivity (Wildman–Crippen MR) is 101 cm³/mol. The van der Waals surface area contributed by atoms with Crippen LogP contribution >= 0.6 is 0 Å². The van der Waals surface area contributed by atoms with Gasteiger partial charge in [-0.2, -0.15) is 13.2 Å². The van der Waals surface area contributed by atoms with Gasteiger partial charge in [-0.15, -0.1) is 0 Å². The molecule has 3 rings (SSSR count). The summed E-state index contributed by atoms with van der Waals surface area (Å²) in [4.78, 5) is 38.1. The van der Waals surface area contributed by atoms with E-state index in [1.54, 1.807) is 24.3 Å². The summed E-state index contributed by atoms with van der Waals surface area (Å²) < 4.78 is 42.9. The molecule has 1 fully saturated rings. The van der Waals surface area contributed by atoms with Gasteiger partial charge in [-0.3, -0.25) is 14.5 Å². The van der Waals surface area contributed by atoms with Gasteiger partial charge in [0, 0.05) is 5.69 Å². The van der Waals surface area contributed by atoms with Crippen LogP contribution in [0.3, 0.4) is 0 Å². The van der Waals surface area contributed by atoms with Gasteiger partial charge in [0.25, 0.3) is 5.91 Å². The van der Waals surface area contributed by atoms with Crippen molar-refractivity contribution in [2.45, 2.75) is 18.6 Å². The highest BCUT2D eigenvalue weighted by Crippen LogP contribution is 2.31. The molecule has 1 atom stereocenters. The number of anilines is 1. The lowest BCUT2D eigenvalue weighted by molar-refractivity contribution is -0.137. The number of amides is 4. The third-order valence-corrected chi connectivity index (χ3v) is 4.74. The third-order valence-electron chi connectivity index (χ3n) is 4.74. The molecule has 2 aromatic rings. The van der Waals surface area contributed by atoms with Gasteiger partial charge in [-0.25, -0.2) is 4.79 Å². The summed E-state index contributed by atoms with van der Waals surface area (Å²) in [5, 5.41) is 4.94. The van der Waals surface area contributed by atoms with Crippen molar-refractivity contribution in [2.75, 3.05) is 19.0 Å². The maximum atomic E-state index is 12.8. The molecular weight excluding hydrogens is 403 g/mol. The van der Waals surface area contributed by atoms with Gasteiger partial charge in [-0.1, -0.05) is 12.1 Å². The molecule has 0 aromatic heterocycles. The zero-order valence-electron chi connectivity index (χ0n) is 16.0. The van der Waals surface area contributed by atoms with Crippen molar-refractivity contribution in [3.05, 3.63) is 59.7 Å². The number of hydrogen-bond donors (Lipinski definition) is 2. The van der Waals surface area contributed by atoms with E-state index in [-0.39, 0.29) is 5.69 Å². The molecule has 158 valence electrons. The van der Waals surface area contributed by atoms with Crippen molar-refractivity contribution in [3.63, 3.8) is 0 Å². The van der Waals surface area contributed by atoms with Crippen LogP contribution < -0.4 is 15.4 Å². The molecule has 0 aliphatic carbocycles. The number of rotatable bonds is 5. The molecule has 0 spiro atoms. The molecule has 0 saturated carbocycles. The van der Waals surface area contributed by atoms with Gasteiger partial charge in [0.15, 0.2) is 0 Å². The molecule has 1 saturated heterocycles. The third kappa shape index (κ3) is 4.07. The molecule has 1 aliphatic heterocycles. The first-order chi connectivity index (χ1) is 14.0. The highest BCUT2D eigenvalue weighted by molar-refractivity contribution is 6.10. The number of imide groups is 1. The highest BCUT2D eigenvalue weighted by Gasteiger charge is 2.49. The molecule has 0 bridgehead atoms. The first-order valence-electron chi connectivity index (χ1n) is 8.80. The summed E-state index contributed by atoms with van der Waals surface area (Å²) in [5.74, 6) is -0.774. The number of hydrogen-bond acceptors (Lipinski definition) is 4. The second-order valence-electron chi connectivity index (χ2n) is 6.80. The molecule has 1 aliphatic rings. The summed E-state index contributed by atoms with van der Waals surface area (Å²) in [6, 6.07) is 9.61. The molecule has 2 N–H and O–H groups in total. The van der Waals surface area contributed by atoms with Gasteiger partial charge in [0.2, 0.25) is 5.91 Å². The van der Waals surface area contributed by atoms with E-state index in [0.717, 1.165) is 29.2 Å². The average molecular weight is 421 g/mol. The molecule has 1 heterocycles. The topological polar surface area (TPSA) is 87.7 Å². The Hall–Kier alpha value is -3.56. The van der Waals surface area contributed by atoms with Gasteiger partial charge >= 0.3 is 12.2 Å². The normalized spacial score (nSPS) is 18.9. The van der Waals surface area contributed by atoms with Crippen molar-refractivity contribution in [3.8, 4) is 5.75 Å². The van der Waals surface area contributed by atoms with Crippen LogP contribution in [0, 0.1) is 0 Å². The predicted octanol–water partition coefficient (Wildman–Crippen LogP) is 3.12. The van der Waals surface area contributed by atoms with Gasteiger partial charge < -0.3 is 15.4 Å². The van der Waals surface area contributed by atoms with E-state index < -0.39 is 41.7 Å². The molecule has 10 heteroatoms. The maximum absolute atomic E-state index is 12.8. The lowest BCUT2D eigenvalue weighted by Gasteiger charge is -2.22. The maximum Gasteiger partial charge on any atom is 0.416 e. The van der Waals surface area contributed by atoms with Crippen LogP contribution in [0.15, 0.2) is 48.5 Å². The average Bonchev–Trinajstić information content (AvgIpc) is 2.91. The lowest BCUT2D eigenvalue weighted by Crippen LogP contribution is -2.42. The van der Waals surface area contributed by atoms with E-state index in [4.69, 9.17) is 4.74 Å². The van der Waals surface area contributed by atoms with E-state index in [0.29, 0.717) is 11.3 Å². The minimum Gasteiger partial charge on any atom is -0.497 e. The van der Waals surface area contributed by atoms with Crippen LogP contribution in [-0.4, -0.2) is 36.4 Å². The van der Waals surface area contributed by atoms with Crippen molar-refractivity contribution in [1.29, 1.82) is 0 Å². The van der Waals surface area contributed by atoms with Crippen molar-refractivity contribution >= 4 is 23.5 Å². The molecule has 1 unspecified atom stereocenters. The molecular formula is C20H18F3N3O4. The molecule has 2 aromatic carbocycles. The summed E-state index contributed by atoms with van der Waals surface area (Å²) in [7, 11) is 1.50. The standard InChI is InChI=1S/C20H18F3N3O4/c1-19(12-5-9-15(30-2)10-6-12)17(28)26(18(29)25-19)11-16(27)24-14-7-3-13(4-8-14)20(21,22)23/h3-10H,11H2,1-2H3,(H,24,27)(H,25,29). The van der Waals surface area contributed by atoms with E-state index in [1.807, 2.05) is 0 Å². The van der Waals surface area contributed by atoms with Crippen LogP contribution in [0.25, 0.3) is 0 Å². The molecule has 0 radical (unpaired) electrons. The number of carbonyl (C=O) groups excluding carboxylic acids is 3. The summed E-state index contributed by atoms with van der Waals surface area (Å²) in [5.41, 5.74) is -1.60. The van der Waals surface area contributed by atoms with Crippen molar-refractivity contribution in [1.82, 2.24) is 10.2 Å². The first-order valence-corrected chi connectivity index (χ1v) is 8.80. The number of alkyl halides is 3. The SMILES string of the molecule is COc1ccc(C2(C)NC(=O)N(CC(=O)Nc3ccc(C(F)(F)F)cc3)C2=O)cc1. The second-order valence-corrected chi connectivity index (χ2v) is 6.80. The Kier molecular flexibility index (Phi) is 5.43. The fraction of sp³-hybridized carbons (Fsp3) is 0.250. The highest BCUT2D eigenvalue weighted by atomic mass is 19.4. The summed E-state index contributed by atoms with van der Waals surface area (Å²) in [6.45, 7) is 0.931.